The molecule has 4 aliphatic rings. The summed E-state index contributed by atoms with van der Waals surface area (Å²) >= 11 is 0. The number of hydrogen-bond donors (Lipinski definition) is 0. The normalized spacial score (nSPS) is 22.4. The molecule has 2 unspecified atom stereocenters. The van der Waals surface area contributed by atoms with E-state index in [2.05, 4.69) is 180 Å². The maximum Gasteiger partial charge on any atom is 0.183 e. The Bertz CT molecular complexity index is 3170. The lowest BCUT2D eigenvalue weighted by Crippen LogP contribution is -2.50. The fourth-order valence-corrected chi connectivity index (χ4v) is 10.3. The summed E-state index contributed by atoms with van der Waals surface area (Å²) in [6.45, 7) is 4.18. The molecule has 12 rings (SSSR count). The van der Waals surface area contributed by atoms with Crippen LogP contribution in [-0.4, -0.2) is 16.2 Å². The molecule has 0 amide bonds. The number of ether oxygens (including phenoxy) is 1. The molecule has 4 atom stereocenters. The Morgan fingerprint density at radius 1 is 0.638 bits per heavy atom. The summed E-state index contributed by atoms with van der Waals surface area (Å²) in [5.41, 5.74) is 9.80. The summed E-state index contributed by atoms with van der Waals surface area (Å²) in [6, 6.07) is 49.6. The summed E-state index contributed by atoms with van der Waals surface area (Å²) in [6.07, 6.45) is 16.1. The van der Waals surface area contributed by atoms with E-state index in [1.54, 1.807) is 6.08 Å². The highest BCUT2D eigenvalue weighted by atomic mass is 19.1. The van der Waals surface area contributed by atoms with Crippen molar-refractivity contribution in [1.29, 1.82) is 0 Å². The minimum atomic E-state index is -1.77. The van der Waals surface area contributed by atoms with Crippen molar-refractivity contribution in [3.05, 3.63) is 205 Å². The zero-order valence-electron chi connectivity index (χ0n) is 32.2. The van der Waals surface area contributed by atoms with Crippen LogP contribution in [0.5, 0.6) is 5.75 Å². The van der Waals surface area contributed by atoms with Crippen LogP contribution < -0.4 is 9.64 Å². The van der Waals surface area contributed by atoms with Gasteiger partial charge in [0.1, 0.15) is 17.4 Å². The third kappa shape index (κ3) is 4.49. The van der Waals surface area contributed by atoms with Crippen LogP contribution in [0.15, 0.2) is 188 Å². The Hall–Kier alpha value is -6.91. The van der Waals surface area contributed by atoms with Crippen LogP contribution in [0.1, 0.15) is 29.5 Å². The van der Waals surface area contributed by atoms with E-state index in [4.69, 9.17) is 4.74 Å². The van der Waals surface area contributed by atoms with Crippen LogP contribution >= 0.6 is 0 Å². The number of aromatic nitrogens is 1. The Balaban J connectivity index is 1.10. The second kappa shape index (κ2) is 12.0. The van der Waals surface area contributed by atoms with E-state index in [1.807, 2.05) is 25.2 Å². The number of alkyl halides is 1. The fourth-order valence-electron chi connectivity index (χ4n) is 10.3. The Labute approximate surface area is 336 Å². The highest BCUT2D eigenvalue weighted by Gasteiger charge is 2.59. The molecule has 0 radical (unpaired) electrons. The number of hydrogen-bond acceptors (Lipinski definition) is 2. The SMILES string of the molecule is Cc1ccccc1-c1ccc(-n2c3ccccc3c3c(-c4ccc5c(c4)[C@@]4(F)C=CC=C[C@@]4(C)N5c4ccc5ccccc5c4)cc4c(c32)OC2C=CC=CC42)cc1. The average molecular weight is 751 g/mol. The summed E-state index contributed by atoms with van der Waals surface area (Å²) < 4.78 is 27.6. The van der Waals surface area contributed by atoms with Gasteiger partial charge in [0.25, 0.3) is 0 Å². The van der Waals surface area contributed by atoms with E-state index >= 15 is 4.39 Å². The number of para-hydroxylation sites is 1. The van der Waals surface area contributed by atoms with Crippen molar-refractivity contribution >= 4 is 44.0 Å². The standard InChI is InChI=1S/C54H39FN2O/c1-34-13-3-6-16-41(34)36-22-25-39(26-23-36)56-47-19-9-7-18-43(47)50-44(33-45-42-17-8-10-20-49(42)58-52(45)51(50)56)38-24-28-48-46(32-38)54(55)30-12-11-29-53(54,2)57(48)40-27-21-35-14-4-5-15-37(35)31-40/h3-33,42,49H,1-2H3/t42?,49?,53-,54+/m1/s1. The maximum atomic E-state index is 18.3. The zero-order valence-corrected chi connectivity index (χ0v) is 32.2. The molecule has 0 bridgehead atoms. The minimum absolute atomic E-state index is 0.0677. The van der Waals surface area contributed by atoms with Gasteiger partial charge in [-0.1, -0.05) is 127 Å². The van der Waals surface area contributed by atoms with Gasteiger partial charge in [-0.05, 0) is 113 Å². The molecule has 278 valence electrons. The molecule has 8 aromatic rings. The van der Waals surface area contributed by atoms with Gasteiger partial charge in [-0.2, -0.15) is 0 Å². The van der Waals surface area contributed by atoms with Gasteiger partial charge in [-0.3, -0.25) is 0 Å². The summed E-state index contributed by atoms with van der Waals surface area (Å²) in [4.78, 5) is 2.20. The van der Waals surface area contributed by atoms with Gasteiger partial charge in [0.05, 0.1) is 11.0 Å². The van der Waals surface area contributed by atoms with E-state index in [9.17, 15) is 0 Å². The molecule has 58 heavy (non-hydrogen) atoms. The number of halogens is 1. The molecule has 0 spiro atoms. The smallest absolute Gasteiger partial charge is 0.183 e. The van der Waals surface area contributed by atoms with Crippen molar-refractivity contribution < 1.29 is 9.13 Å². The van der Waals surface area contributed by atoms with Crippen LogP contribution in [0.25, 0.3) is 60.5 Å². The van der Waals surface area contributed by atoms with Gasteiger partial charge < -0.3 is 14.2 Å². The molecule has 0 fully saturated rings. The van der Waals surface area contributed by atoms with E-state index < -0.39 is 11.2 Å². The molecule has 7 aromatic carbocycles. The number of benzene rings is 7. The number of allylic oxidation sites excluding steroid dienone is 4. The van der Waals surface area contributed by atoms with Crippen LogP contribution in [-0.2, 0) is 5.67 Å². The molecular weight excluding hydrogens is 712 g/mol. The molecule has 2 aliphatic heterocycles. The molecule has 3 heterocycles. The van der Waals surface area contributed by atoms with Crippen LogP contribution in [0.4, 0.5) is 15.8 Å². The molecule has 0 saturated heterocycles. The quantitative estimate of drug-likeness (QED) is 0.178. The first-order valence-corrected chi connectivity index (χ1v) is 20.2. The van der Waals surface area contributed by atoms with Crippen molar-refractivity contribution in [3.63, 3.8) is 0 Å². The van der Waals surface area contributed by atoms with Gasteiger partial charge >= 0.3 is 0 Å². The predicted octanol–water partition coefficient (Wildman–Crippen LogP) is 13.8. The average Bonchev–Trinajstić information content (AvgIpc) is 3.87. The van der Waals surface area contributed by atoms with E-state index in [-0.39, 0.29) is 12.0 Å². The first-order chi connectivity index (χ1) is 28.4. The first-order valence-electron chi connectivity index (χ1n) is 20.2. The Morgan fingerprint density at radius 2 is 1.38 bits per heavy atom. The summed E-state index contributed by atoms with van der Waals surface area (Å²) in [5.74, 6) is 0.973. The Kier molecular flexibility index (Phi) is 6.91. The summed E-state index contributed by atoms with van der Waals surface area (Å²) in [5, 5.41) is 4.51. The largest absolute Gasteiger partial charge is 0.483 e. The van der Waals surface area contributed by atoms with Crippen molar-refractivity contribution in [3.8, 4) is 33.7 Å². The number of rotatable bonds is 4. The van der Waals surface area contributed by atoms with E-state index in [0.717, 1.165) is 72.1 Å². The molecule has 2 aliphatic carbocycles. The van der Waals surface area contributed by atoms with Crippen LogP contribution in [0, 0.1) is 6.92 Å². The minimum Gasteiger partial charge on any atom is -0.483 e. The number of fused-ring (bicyclic) bond motifs is 11. The predicted molar refractivity (Wildman–Crippen MR) is 237 cm³/mol. The third-order valence-electron chi connectivity index (χ3n) is 13.2. The maximum absolute atomic E-state index is 18.3. The monoisotopic (exact) mass is 750 g/mol. The van der Waals surface area contributed by atoms with Crippen molar-refractivity contribution in [1.82, 2.24) is 4.57 Å². The topological polar surface area (TPSA) is 17.4 Å². The lowest BCUT2D eigenvalue weighted by molar-refractivity contribution is 0.164. The van der Waals surface area contributed by atoms with Crippen molar-refractivity contribution in [2.24, 2.45) is 0 Å². The van der Waals surface area contributed by atoms with Gasteiger partial charge in [-0.25, -0.2) is 4.39 Å². The van der Waals surface area contributed by atoms with Gasteiger partial charge in [0.15, 0.2) is 5.67 Å². The number of aryl methyl sites for hydroxylation is 1. The molecule has 3 nitrogen and oxygen atoms in total. The third-order valence-corrected chi connectivity index (χ3v) is 13.2. The molecule has 1 aromatic heterocycles. The highest BCUT2D eigenvalue weighted by molar-refractivity contribution is 6.18. The molecular formula is C54H39FN2O. The first kappa shape index (κ1) is 33.3. The van der Waals surface area contributed by atoms with Crippen LogP contribution in [0.2, 0.25) is 0 Å². The lowest BCUT2D eigenvalue weighted by atomic mass is 9.77. The molecule has 0 saturated carbocycles. The van der Waals surface area contributed by atoms with E-state index in [0.29, 0.717) is 5.56 Å². The molecule has 0 N–H and O–H groups in total. The van der Waals surface area contributed by atoms with Gasteiger partial charge in [0, 0.05) is 44.9 Å². The summed E-state index contributed by atoms with van der Waals surface area (Å²) in [7, 11) is 0. The van der Waals surface area contributed by atoms with Crippen molar-refractivity contribution in [2.75, 3.05) is 4.90 Å². The highest BCUT2D eigenvalue weighted by Crippen LogP contribution is 2.60. The lowest BCUT2D eigenvalue weighted by Gasteiger charge is -2.42. The number of nitrogens with zero attached hydrogens (tertiary/aromatic N) is 2. The second-order valence-corrected chi connectivity index (χ2v) is 16.3. The zero-order chi connectivity index (χ0) is 38.8. The Morgan fingerprint density at radius 3 is 2.26 bits per heavy atom. The fraction of sp³-hybridized carbons (Fsp3) is 0.111. The van der Waals surface area contributed by atoms with Crippen LogP contribution in [0.3, 0.4) is 0 Å². The van der Waals surface area contributed by atoms with Crippen molar-refractivity contribution in [2.45, 2.75) is 37.1 Å². The molecule has 4 heteroatoms. The van der Waals surface area contributed by atoms with Gasteiger partial charge in [0.2, 0.25) is 0 Å². The number of anilines is 2. The van der Waals surface area contributed by atoms with Gasteiger partial charge in [-0.15, -0.1) is 0 Å². The van der Waals surface area contributed by atoms with E-state index in [1.165, 1.54) is 16.7 Å². The second-order valence-electron chi connectivity index (χ2n) is 16.3.